The lowest BCUT2D eigenvalue weighted by Crippen LogP contribution is -2.06. The van der Waals surface area contributed by atoms with E-state index < -0.39 is 0 Å². The Morgan fingerprint density at radius 1 is 1.41 bits per heavy atom. The van der Waals surface area contributed by atoms with Crippen LogP contribution in [0.2, 0.25) is 0 Å². The first-order valence-corrected chi connectivity index (χ1v) is 6.72. The molecule has 0 atom stereocenters. The Kier molecular flexibility index (Phi) is 4.20. The molecule has 0 spiro atoms. The van der Waals surface area contributed by atoms with E-state index in [4.69, 9.17) is 9.47 Å². The number of halogens is 1. The standard InChI is InChI=1S/C11H13BrN2O2S/c1-15-4-3-13-11-14-10-8(12)5-7(16-2)6-9(10)17-11/h5-6H,3-4H2,1-2H3,(H,13,14). The van der Waals surface area contributed by atoms with E-state index in [2.05, 4.69) is 26.2 Å². The largest absolute Gasteiger partial charge is 0.497 e. The zero-order valence-corrected chi connectivity index (χ0v) is 12.0. The van der Waals surface area contributed by atoms with Crippen molar-refractivity contribution in [2.75, 3.05) is 32.7 Å². The first-order valence-electron chi connectivity index (χ1n) is 5.11. The van der Waals surface area contributed by atoms with Crippen molar-refractivity contribution in [2.24, 2.45) is 0 Å². The van der Waals surface area contributed by atoms with Crippen LogP contribution in [0.1, 0.15) is 0 Å². The van der Waals surface area contributed by atoms with E-state index in [0.717, 1.165) is 32.1 Å². The average molecular weight is 317 g/mol. The van der Waals surface area contributed by atoms with Crippen molar-refractivity contribution in [1.82, 2.24) is 4.98 Å². The maximum absolute atomic E-state index is 5.22. The van der Waals surface area contributed by atoms with Gasteiger partial charge in [-0.25, -0.2) is 4.98 Å². The lowest BCUT2D eigenvalue weighted by atomic mass is 10.3. The van der Waals surface area contributed by atoms with Crippen molar-refractivity contribution in [1.29, 1.82) is 0 Å². The van der Waals surface area contributed by atoms with Gasteiger partial charge in [-0.1, -0.05) is 11.3 Å². The van der Waals surface area contributed by atoms with Gasteiger partial charge in [0.15, 0.2) is 5.13 Å². The molecule has 2 aromatic rings. The molecule has 1 N–H and O–H groups in total. The number of nitrogens with one attached hydrogen (secondary N) is 1. The molecule has 0 aliphatic carbocycles. The molecule has 0 aliphatic heterocycles. The lowest BCUT2D eigenvalue weighted by Gasteiger charge is -1.99. The van der Waals surface area contributed by atoms with E-state index in [9.17, 15) is 0 Å². The van der Waals surface area contributed by atoms with Crippen LogP contribution in [0.4, 0.5) is 5.13 Å². The quantitative estimate of drug-likeness (QED) is 0.861. The number of methoxy groups -OCH3 is 2. The number of rotatable bonds is 5. The predicted molar refractivity (Wildman–Crippen MR) is 74.2 cm³/mol. The van der Waals surface area contributed by atoms with Crippen LogP contribution in [0.5, 0.6) is 5.75 Å². The third-order valence-corrected chi connectivity index (χ3v) is 3.80. The Labute approximate surface area is 112 Å². The number of benzene rings is 1. The van der Waals surface area contributed by atoms with Gasteiger partial charge in [0.25, 0.3) is 0 Å². The molecular formula is C11H13BrN2O2S. The fraction of sp³-hybridized carbons (Fsp3) is 0.364. The molecule has 1 heterocycles. The predicted octanol–water partition coefficient (Wildman–Crippen LogP) is 3.13. The molecule has 1 aromatic carbocycles. The second-order valence-corrected chi connectivity index (χ2v) is 5.28. The summed E-state index contributed by atoms with van der Waals surface area (Å²) in [6, 6.07) is 3.90. The van der Waals surface area contributed by atoms with Crippen molar-refractivity contribution in [3.05, 3.63) is 16.6 Å². The van der Waals surface area contributed by atoms with E-state index in [1.54, 1.807) is 25.6 Å². The highest BCUT2D eigenvalue weighted by Crippen LogP contribution is 2.34. The van der Waals surface area contributed by atoms with Crippen molar-refractivity contribution in [3.63, 3.8) is 0 Å². The number of nitrogens with zero attached hydrogens (tertiary/aromatic N) is 1. The molecule has 17 heavy (non-hydrogen) atoms. The minimum Gasteiger partial charge on any atom is -0.497 e. The fourth-order valence-electron chi connectivity index (χ4n) is 1.42. The molecule has 1 aromatic heterocycles. The topological polar surface area (TPSA) is 43.4 Å². The number of fused-ring (bicyclic) bond motifs is 1. The van der Waals surface area contributed by atoms with Gasteiger partial charge in [-0.05, 0) is 28.1 Å². The summed E-state index contributed by atoms with van der Waals surface area (Å²) in [4.78, 5) is 4.51. The smallest absolute Gasteiger partial charge is 0.183 e. The van der Waals surface area contributed by atoms with Crippen LogP contribution in [0.25, 0.3) is 10.2 Å². The van der Waals surface area contributed by atoms with Crippen molar-refractivity contribution < 1.29 is 9.47 Å². The van der Waals surface area contributed by atoms with Gasteiger partial charge in [0.1, 0.15) is 5.75 Å². The Hall–Kier alpha value is -0.850. The third-order valence-electron chi connectivity index (χ3n) is 2.24. The summed E-state index contributed by atoms with van der Waals surface area (Å²) < 4.78 is 12.2. The Balaban J connectivity index is 2.26. The number of anilines is 1. The van der Waals surface area contributed by atoms with Crippen molar-refractivity contribution >= 4 is 42.6 Å². The molecule has 0 unspecified atom stereocenters. The Morgan fingerprint density at radius 2 is 2.24 bits per heavy atom. The van der Waals surface area contributed by atoms with Crippen LogP contribution < -0.4 is 10.1 Å². The van der Waals surface area contributed by atoms with Gasteiger partial charge in [-0.2, -0.15) is 0 Å². The minimum absolute atomic E-state index is 0.667. The van der Waals surface area contributed by atoms with Gasteiger partial charge in [-0.15, -0.1) is 0 Å². The monoisotopic (exact) mass is 316 g/mol. The van der Waals surface area contributed by atoms with Crippen molar-refractivity contribution in [3.8, 4) is 5.75 Å². The third kappa shape index (κ3) is 2.88. The zero-order chi connectivity index (χ0) is 12.3. The maximum atomic E-state index is 5.22. The van der Waals surface area contributed by atoms with E-state index in [1.807, 2.05) is 12.1 Å². The van der Waals surface area contributed by atoms with Gasteiger partial charge in [-0.3, -0.25) is 0 Å². The minimum atomic E-state index is 0.667. The second kappa shape index (κ2) is 5.66. The second-order valence-electron chi connectivity index (χ2n) is 3.39. The van der Waals surface area contributed by atoms with Crippen LogP contribution in [0.15, 0.2) is 16.6 Å². The molecule has 0 aliphatic rings. The van der Waals surface area contributed by atoms with Crippen LogP contribution in [0.3, 0.4) is 0 Å². The summed E-state index contributed by atoms with van der Waals surface area (Å²) in [5.74, 6) is 0.830. The zero-order valence-electron chi connectivity index (χ0n) is 9.62. The summed E-state index contributed by atoms with van der Waals surface area (Å²) in [6.07, 6.45) is 0. The summed E-state index contributed by atoms with van der Waals surface area (Å²) in [7, 11) is 3.34. The molecule has 92 valence electrons. The lowest BCUT2D eigenvalue weighted by molar-refractivity contribution is 0.211. The summed E-state index contributed by atoms with van der Waals surface area (Å²) in [6.45, 7) is 1.42. The fourth-order valence-corrected chi connectivity index (χ4v) is 3.02. The Morgan fingerprint density at radius 3 is 2.94 bits per heavy atom. The van der Waals surface area contributed by atoms with Crippen molar-refractivity contribution in [2.45, 2.75) is 0 Å². The van der Waals surface area contributed by atoms with Gasteiger partial charge < -0.3 is 14.8 Å². The van der Waals surface area contributed by atoms with Crippen LogP contribution in [-0.4, -0.2) is 32.4 Å². The average Bonchev–Trinajstić information content (AvgIpc) is 2.72. The molecule has 0 bridgehead atoms. The highest BCUT2D eigenvalue weighted by molar-refractivity contribution is 9.10. The molecule has 0 fully saturated rings. The molecule has 0 saturated heterocycles. The molecule has 0 amide bonds. The van der Waals surface area contributed by atoms with E-state index in [1.165, 1.54) is 0 Å². The normalized spacial score (nSPS) is 10.8. The van der Waals surface area contributed by atoms with E-state index >= 15 is 0 Å². The number of hydrogen-bond acceptors (Lipinski definition) is 5. The molecule has 0 saturated carbocycles. The summed E-state index contributed by atoms with van der Waals surface area (Å²) in [5, 5.41) is 4.11. The molecule has 0 radical (unpaired) electrons. The first kappa shape index (κ1) is 12.6. The summed E-state index contributed by atoms with van der Waals surface area (Å²) >= 11 is 5.10. The van der Waals surface area contributed by atoms with Gasteiger partial charge >= 0.3 is 0 Å². The maximum Gasteiger partial charge on any atom is 0.183 e. The van der Waals surface area contributed by atoms with Crippen LogP contribution in [0, 0.1) is 0 Å². The number of ether oxygens (including phenoxy) is 2. The number of hydrogen-bond donors (Lipinski definition) is 1. The van der Waals surface area contributed by atoms with Gasteiger partial charge in [0.2, 0.25) is 0 Å². The SMILES string of the molecule is COCCNc1nc2c(Br)cc(OC)cc2s1. The highest BCUT2D eigenvalue weighted by atomic mass is 79.9. The van der Waals surface area contributed by atoms with Gasteiger partial charge in [0.05, 0.1) is 23.9 Å². The molecule has 4 nitrogen and oxygen atoms in total. The molecule has 6 heteroatoms. The Bertz CT molecular complexity index is 515. The molecule has 2 rings (SSSR count). The van der Waals surface area contributed by atoms with E-state index in [-0.39, 0.29) is 0 Å². The van der Waals surface area contributed by atoms with E-state index in [0.29, 0.717) is 6.61 Å². The van der Waals surface area contributed by atoms with Crippen LogP contribution >= 0.6 is 27.3 Å². The first-order chi connectivity index (χ1) is 8.24. The summed E-state index contributed by atoms with van der Waals surface area (Å²) in [5.41, 5.74) is 0.954. The highest BCUT2D eigenvalue weighted by Gasteiger charge is 2.08. The van der Waals surface area contributed by atoms with Crippen LogP contribution in [-0.2, 0) is 4.74 Å². The van der Waals surface area contributed by atoms with Gasteiger partial charge in [0, 0.05) is 18.1 Å². The molecular weight excluding hydrogens is 304 g/mol. The number of aromatic nitrogens is 1. The number of thiazole rings is 1.